The van der Waals surface area contributed by atoms with Crippen LogP contribution in [0.3, 0.4) is 0 Å². The first-order chi connectivity index (χ1) is 10.1. The molecule has 0 spiro atoms. The van der Waals surface area contributed by atoms with E-state index in [2.05, 4.69) is 29.2 Å². The predicted molar refractivity (Wildman–Crippen MR) is 81.3 cm³/mol. The fourth-order valence-electron chi connectivity index (χ4n) is 2.42. The van der Waals surface area contributed by atoms with Crippen LogP contribution in [0.1, 0.15) is 33.1 Å². The van der Waals surface area contributed by atoms with E-state index in [0.29, 0.717) is 11.8 Å². The van der Waals surface area contributed by atoms with Crippen molar-refractivity contribution in [2.45, 2.75) is 33.1 Å². The van der Waals surface area contributed by atoms with Gasteiger partial charge in [-0.2, -0.15) is 5.10 Å². The van der Waals surface area contributed by atoms with Crippen LogP contribution in [0.15, 0.2) is 24.5 Å². The Bertz CT molecular complexity index is 594. The van der Waals surface area contributed by atoms with Crippen molar-refractivity contribution in [3.05, 3.63) is 24.5 Å². The number of aliphatic carboxylic acids is 1. The van der Waals surface area contributed by atoms with Gasteiger partial charge in [-0.05, 0) is 30.7 Å². The minimum absolute atomic E-state index is 0.239. The van der Waals surface area contributed by atoms with Crippen LogP contribution in [0.4, 0.5) is 5.82 Å². The van der Waals surface area contributed by atoms with Gasteiger partial charge in [0.05, 0.1) is 6.20 Å². The number of carbonyl (C=O) groups is 1. The van der Waals surface area contributed by atoms with E-state index >= 15 is 0 Å². The molecule has 2 N–H and O–H groups in total. The SMILES string of the molecule is CC(C)C(CCNc1ccn2nccc2n1)CCC(=O)O. The molecule has 2 rings (SSSR count). The lowest BCUT2D eigenvalue weighted by molar-refractivity contribution is -0.137. The summed E-state index contributed by atoms with van der Waals surface area (Å²) in [7, 11) is 0. The molecule has 0 aliphatic rings. The van der Waals surface area contributed by atoms with Crippen molar-refractivity contribution < 1.29 is 9.90 Å². The standard InChI is InChI=1S/C15H22N4O2/c1-11(2)12(3-4-15(20)21)5-8-16-13-7-10-19-14(18-13)6-9-17-19/h6-7,9-12H,3-5,8H2,1-2H3,(H,16,18)(H,20,21). The molecule has 2 aromatic rings. The summed E-state index contributed by atoms with van der Waals surface area (Å²) in [5, 5.41) is 16.2. The number of rotatable bonds is 8. The second-order valence-electron chi connectivity index (χ2n) is 5.60. The zero-order valence-electron chi connectivity index (χ0n) is 12.5. The summed E-state index contributed by atoms with van der Waals surface area (Å²) in [6.45, 7) is 5.08. The average molecular weight is 290 g/mol. The molecule has 0 aliphatic carbocycles. The summed E-state index contributed by atoms with van der Waals surface area (Å²) >= 11 is 0. The maximum Gasteiger partial charge on any atom is 0.303 e. The number of nitrogens with one attached hydrogen (secondary N) is 1. The van der Waals surface area contributed by atoms with Crippen molar-refractivity contribution in [1.82, 2.24) is 14.6 Å². The molecule has 0 fully saturated rings. The highest BCUT2D eigenvalue weighted by molar-refractivity contribution is 5.66. The lowest BCUT2D eigenvalue weighted by atomic mass is 9.88. The fourth-order valence-corrected chi connectivity index (χ4v) is 2.42. The third kappa shape index (κ3) is 4.44. The molecular weight excluding hydrogens is 268 g/mol. The molecule has 6 nitrogen and oxygen atoms in total. The van der Waals surface area contributed by atoms with Crippen LogP contribution in [-0.4, -0.2) is 32.2 Å². The van der Waals surface area contributed by atoms with Crippen LogP contribution in [-0.2, 0) is 4.79 Å². The Morgan fingerprint density at radius 3 is 2.90 bits per heavy atom. The lowest BCUT2D eigenvalue weighted by Crippen LogP contribution is -2.16. The van der Waals surface area contributed by atoms with Crippen molar-refractivity contribution in [2.75, 3.05) is 11.9 Å². The molecule has 2 heterocycles. The van der Waals surface area contributed by atoms with Crippen molar-refractivity contribution in [3.8, 4) is 0 Å². The Hall–Kier alpha value is -2.11. The summed E-state index contributed by atoms with van der Waals surface area (Å²) in [5.74, 6) is 0.994. The van der Waals surface area contributed by atoms with Crippen LogP contribution in [0.5, 0.6) is 0 Å². The Labute approximate surface area is 124 Å². The molecule has 21 heavy (non-hydrogen) atoms. The van der Waals surface area contributed by atoms with Crippen LogP contribution in [0.25, 0.3) is 5.65 Å². The molecule has 0 aromatic carbocycles. The van der Waals surface area contributed by atoms with Gasteiger partial charge in [-0.1, -0.05) is 13.8 Å². The normalized spacial score (nSPS) is 12.7. The number of aromatic nitrogens is 3. The molecule has 0 amide bonds. The Morgan fingerprint density at radius 1 is 1.38 bits per heavy atom. The number of carboxylic acid groups (broad SMARTS) is 1. The Morgan fingerprint density at radius 2 is 2.19 bits per heavy atom. The van der Waals surface area contributed by atoms with E-state index in [-0.39, 0.29) is 6.42 Å². The molecule has 2 aromatic heterocycles. The van der Waals surface area contributed by atoms with Crippen molar-refractivity contribution in [3.63, 3.8) is 0 Å². The molecule has 0 aliphatic heterocycles. The van der Waals surface area contributed by atoms with E-state index in [1.807, 2.05) is 18.3 Å². The van der Waals surface area contributed by atoms with Gasteiger partial charge in [0.2, 0.25) is 0 Å². The van der Waals surface area contributed by atoms with Gasteiger partial charge in [-0.15, -0.1) is 0 Å². The molecule has 0 saturated carbocycles. The summed E-state index contributed by atoms with van der Waals surface area (Å²) < 4.78 is 1.72. The van der Waals surface area contributed by atoms with Gasteiger partial charge in [0, 0.05) is 25.2 Å². The van der Waals surface area contributed by atoms with Crippen molar-refractivity contribution >= 4 is 17.4 Å². The molecule has 0 radical (unpaired) electrons. The minimum Gasteiger partial charge on any atom is -0.481 e. The lowest BCUT2D eigenvalue weighted by Gasteiger charge is -2.20. The highest BCUT2D eigenvalue weighted by atomic mass is 16.4. The van der Waals surface area contributed by atoms with Gasteiger partial charge in [0.1, 0.15) is 5.82 Å². The third-order valence-corrected chi connectivity index (χ3v) is 3.75. The van der Waals surface area contributed by atoms with E-state index in [1.54, 1.807) is 10.7 Å². The summed E-state index contributed by atoms with van der Waals surface area (Å²) in [4.78, 5) is 15.1. The van der Waals surface area contributed by atoms with Gasteiger partial charge >= 0.3 is 5.97 Å². The quantitative estimate of drug-likeness (QED) is 0.781. The summed E-state index contributed by atoms with van der Waals surface area (Å²) in [6.07, 6.45) is 5.49. The Kier molecular flexibility index (Phi) is 5.14. The van der Waals surface area contributed by atoms with E-state index in [4.69, 9.17) is 5.11 Å². The molecule has 0 saturated heterocycles. The van der Waals surface area contributed by atoms with Gasteiger partial charge in [0.25, 0.3) is 0 Å². The Balaban J connectivity index is 1.84. The zero-order valence-corrected chi connectivity index (χ0v) is 12.5. The number of hydrogen-bond donors (Lipinski definition) is 2. The van der Waals surface area contributed by atoms with Gasteiger partial charge in [-0.25, -0.2) is 9.50 Å². The maximum absolute atomic E-state index is 10.7. The first-order valence-corrected chi connectivity index (χ1v) is 7.32. The second kappa shape index (κ2) is 7.06. The highest BCUT2D eigenvalue weighted by Gasteiger charge is 2.14. The van der Waals surface area contributed by atoms with Crippen molar-refractivity contribution in [2.24, 2.45) is 11.8 Å². The molecule has 6 heteroatoms. The molecule has 114 valence electrons. The van der Waals surface area contributed by atoms with Crippen LogP contribution in [0, 0.1) is 11.8 Å². The number of hydrogen-bond acceptors (Lipinski definition) is 4. The summed E-state index contributed by atoms with van der Waals surface area (Å²) in [5.41, 5.74) is 0.811. The predicted octanol–water partition coefficient (Wildman–Crippen LogP) is 2.67. The number of anilines is 1. The van der Waals surface area contributed by atoms with E-state index in [1.165, 1.54) is 0 Å². The first kappa shape index (κ1) is 15.3. The molecule has 1 unspecified atom stereocenters. The fraction of sp³-hybridized carbons (Fsp3) is 0.533. The monoisotopic (exact) mass is 290 g/mol. The van der Waals surface area contributed by atoms with E-state index < -0.39 is 5.97 Å². The van der Waals surface area contributed by atoms with Crippen LogP contribution in [0.2, 0.25) is 0 Å². The topological polar surface area (TPSA) is 79.5 Å². The largest absolute Gasteiger partial charge is 0.481 e. The molecule has 1 atom stereocenters. The minimum atomic E-state index is -0.721. The van der Waals surface area contributed by atoms with Gasteiger partial charge in [-0.3, -0.25) is 4.79 Å². The smallest absolute Gasteiger partial charge is 0.303 e. The zero-order chi connectivity index (χ0) is 15.2. The number of fused-ring (bicyclic) bond motifs is 1. The first-order valence-electron chi connectivity index (χ1n) is 7.32. The van der Waals surface area contributed by atoms with E-state index in [0.717, 1.165) is 30.9 Å². The summed E-state index contributed by atoms with van der Waals surface area (Å²) in [6, 6.07) is 3.75. The van der Waals surface area contributed by atoms with Gasteiger partial charge < -0.3 is 10.4 Å². The highest BCUT2D eigenvalue weighted by Crippen LogP contribution is 2.21. The average Bonchev–Trinajstić information content (AvgIpc) is 2.89. The molecular formula is C15H22N4O2. The third-order valence-electron chi connectivity index (χ3n) is 3.75. The van der Waals surface area contributed by atoms with Crippen LogP contribution >= 0.6 is 0 Å². The second-order valence-corrected chi connectivity index (χ2v) is 5.60. The van der Waals surface area contributed by atoms with E-state index in [9.17, 15) is 4.79 Å². The van der Waals surface area contributed by atoms with Crippen LogP contribution < -0.4 is 5.32 Å². The molecule has 0 bridgehead atoms. The number of nitrogens with zero attached hydrogens (tertiary/aromatic N) is 3. The van der Waals surface area contributed by atoms with Gasteiger partial charge in [0.15, 0.2) is 5.65 Å². The van der Waals surface area contributed by atoms with Crippen molar-refractivity contribution in [1.29, 1.82) is 0 Å². The maximum atomic E-state index is 10.7. The number of carboxylic acids is 1.